The Hall–Kier alpha value is -1.32. The summed E-state index contributed by atoms with van der Waals surface area (Å²) in [6.45, 7) is 0. The van der Waals surface area contributed by atoms with Gasteiger partial charge in [0.15, 0.2) is 0 Å². The average Bonchev–Trinajstić information content (AvgIpc) is 2.55. The number of anilines is 3. The fourth-order valence-electron chi connectivity index (χ4n) is 1.93. The van der Waals surface area contributed by atoms with Gasteiger partial charge in [-0.25, -0.2) is 0 Å². The summed E-state index contributed by atoms with van der Waals surface area (Å²) in [5.74, 6) is -2.08. The first-order chi connectivity index (χ1) is 11.8. The van der Waals surface area contributed by atoms with Gasteiger partial charge in [0.05, 0.1) is 11.4 Å². The Morgan fingerprint density at radius 2 is 1.52 bits per heavy atom. The van der Waals surface area contributed by atoms with Gasteiger partial charge >= 0.3 is 12.1 Å². The van der Waals surface area contributed by atoms with Gasteiger partial charge in [0.1, 0.15) is 0 Å². The predicted octanol–water partition coefficient (Wildman–Crippen LogP) is 4.78. The minimum Gasteiger partial charge on any atom is -0.750 e. The maximum atomic E-state index is 12.4. The fourth-order valence-corrected chi connectivity index (χ4v) is 7.04. The normalized spacial score (nSPS) is 14.3. The molecule has 0 radical (unpaired) electrons. The Bertz CT molecular complexity index is 952. The highest BCUT2D eigenvalue weighted by Crippen LogP contribution is 2.39. The molecule has 1 N–H and O–H groups in total. The lowest BCUT2D eigenvalue weighted by atomic mass is 10.3. The van der Waals surface area contributed by atoms with Crippen molar-refractivity contribution in [1.29, 1.82) is 0 Å². The van der Waals surface area contributed by atoms with E-state index in [2.05, 4.69) is 0 Å². The maximum absolute atomic E-state index is 12.4. The molecule has 2 aromatic rings. The summed E-state index contributed by atoms with van der Waals surface area (Å²) >= 11 is -2.46. The van der Waals surface area contributed by atoms with Crippen LogP contribution in [0.1, 0.15) is 0 Å². The van der Waals surface area contributed by atoms with Crippen LogP contribution >= 0.6 is 42.0 Å². The lowest BCUT2D eigenvalue weighted by Gasteiger charge is -2.35. The third-order valence-electron chi connectivity index (χ3n) is 3.03. The molecule has 0 aliphatic carbocycles. The zero-order chi connectivity index (χ0) is 18.2. The van der Waals surface area contributed by atoms with Crippen LogP contribution in [0.5, 0.6) is 0 Å². The number of fused-ring (bicyclic) bond motifs is 2. The summed E-state index contributed by atoms with van der Waals surface area (Å²) in [6, 6.07) is 10.6. The van der Waals surface area contributed by atoms with Crippen molar-refractivity contribution < 1.29 is 18.0 Å². The van der Waals surface area contributed by atoms with Gasteiger partial charge in [-0.3, -0.25) is 4.79 Å². The zero-order valence-corrected chi connectivity index (χ0v) is 16.4. The van der Waals surface area contributed by atoms with E-state index in [1.54, 1.807) is 23.5 Å². The topological polar surface area (TPSA) is 81.7 Å². The number of amides is 1. The molecule has 0 bridgehead atoms. The highest BCUT2D eigenvalue weighted by atomic mass is 127. The molecule has 11 heteroatoms. The van der Waals surface area contributed by atoms with E-state index in [0.29, 0.717) is 12.0 Å². The molecule has 3 rings (SSSR count). The first kappa shape index (κ1) is 18.5. The fraction of sp³-hybridized carbons (Fsp3) is 0.0714. The number of carbonyl (C=O) groups excluding carboxylic acids is 1. The minimum atomic E-state index is -5.00. The summed E-state index contributed by atoms with van der Waals surface area (Å²) in [5.41, 5.74) is 0.495. The van der Waals surface area contributed by atoms with Crippen LogP contribution < -0.4 is 11.9 Å². The van der Waals surface area contributed by atoms with Crippen LogP contribution in [0.3, 0.4) is 0 Å². The standard InChI is InChI=1S/C14H8F3I2N3O3/c15-14(16,17)13(23)20-8-5-6-9-10(7-8)19-22(25)12-4-2-1-3-11(12)21(24)18-9/h1-7H,(H,20,23)/q-2. The van der Waals surface area contributed by atoms with Crippen molar-refractivity contribution in [2.45, 2.75) is 6.18 Å². The van der Waals surface area contributed by atoms with Crippen molar-refractivity contribution in [3.05, 3.63) is 59.2 Å². The number of benzene rings is 2. The summed E-state index contributed by atoms with van der Waals surface area (Å²) < 4.78 is 39.8. The molecular weight excluding hydrogens is 569 g/mol. The molecule has 25 heavy (non-hydrogen) atoms. The molecule has 6 nitrogen and oxygen atoms in total. The van der Waals surface area contributed by atoms with Gasteiger partial charge in [-0.1, -0.05) is 12.1 Å². The van der Waals surface area contributed by atoms with Crippen molar-refractivity contribution in [2.75, 3.05) is 11.9 Å². The van der Waals surface area contributed by atoms with E-state index >= 15 is 0 Å². The molecule has 2 aromatic carbocycles. The van der Waals surface area contributed by atoms with Crippen LogP contribution in [0.2, 0.25) is 0 Å². The second-order valence-corrected chi connectivity index (χ2v) is 9.77. The molecule has 0 saturated heterocycles. The van der Waals surface area contributed by atoms with E-state index in [0.717, 1.165) is 6.55 Å². The van der Waals surface area contributed by atoms with Crippen LogP contribution in [0.25, 0.3) is 0 Å². The third-order valence-corrected chi connectivity index (χ3v) is 8.85. The SMILES string of the molecule is O=C(Nc1ccc2c(c1)=IN([O-])c1ccccc1N([O-])I=2)C(F)(F)F. The van der Waals surface area contributed by atoms with Gasteiger partial charge in [0.25, 0.3) is 0 Å². The highest BCUT2D eigenvalue weighted by Gasteiger charge is 2.38. The molecule has 0 aromatic heterocycles. The first-order valence-corrected chi connectivity index (χ1v) is 10.7. The van der Waals surface area contributed by atoms with E-state index in [1.165, 1.54) is 24.3 Å². The van der Waals surface area contributed by atoms with Crippen molar-refractivity contribution in [3.8, 4) is 0 Å². The number of nitrogens with zero attached hydrogens (tertiary/aromatic N) is 2. The minimum absolute atomic E-state index is 0.0514. The number of hydrogen-bond donors (Lipinski definition) is 1. The Morgan fingerprint density at radius 1 is 0.960 bits per heavy atom. The molecule has 134 valence electrons. The van der Waals surface area contributed by atoms with Crippen LogP contribution in [0, 0.1) is 16.7 Å². The van der Waals surface area contributed by atoms with E-state index in [-0.39, 0.29) is 11.4 Å². The largest absolute Gasteiger partial charge is 0.750 e. The zero-order valence-electron chi connectivity index (χ0n) is 12.1. The van der Waals surface area contributed by atoms with Gasteiger partial charge in [0, 0.05) is 12.0 Å². The van der Waals surface area contributed by atoms with Gasteiger partial charge in [0.2, 0.25) is 0 Å². The van der Waals surface area contributed by atoms with Crippen molar-refractivity contribution in [3.63, 3.8) is 0 Å². The number of para-hydroxylation sites is 2. The second kappa shape index (κ2) is 7.13. The molecule has 0 spiro atoms. The highest BCUT2D eigenvalue weighted by molar-refractivity contribution is 14.2. The summed E-state index contributed by atoms with van der Waals surface area (Å²) in [6.07, 6.45) is -5.00. The quantitative estimate of drug-likeness (QED) is 0.390. The third kappa shape index (κ3) is 4.09. The molecule has 1 aliphatic heterocycles. The van der Waals surface area contributed by atoms with Crippen molar-refractivity contribution in [1.82, 2.24) is 0 Å². The van der Waals surface area contributed by atoms with Crippen molar-refractivity contribution in [2.24, 2.45) is 0 Å². The Kier molecular flexibility index (Phi) is 5.26. The van der Waals surface area contributed by atoms with Gasteiger partial charge in [-0.2, -0.15) is 13.2 Å². The van der Waals surface area contributed by atoms with E-state index in [9.17, 15) is 28.4 Å². The maximum Gasteiger partial charge on any atom is 0.471 e. The monoisotopic (exact) mass is 577 g/mol. The van der Waals surface area contributed by atoms with Gasteiger partial charge in [-0.15, -0.1) is 0 Å². The van der Waals surface area contributed by atoms with Gasteiger partial charge < -0.3 is 22.3 Å². The molecule has 1 amide bonds. The second-order valence-electron chi connectivity index (χ2n) is 4.73. The molecule has 0 saturated carbocycles. The van der Waals surface area contributed by atoms with E-state index < -0.39 is 54.1 Å². The predicted molar refractivity (Wildman–Crippen MR) is 105 cm³/mol. The number of alkyl halides is 3. The lowest BCUT2D eigenvalue weighted by Crippen LogP contribution is -2.29. The van der Waals surface area contributed by atoms with Crippen LogP contribution in [0.15, 0.2) is 42.5 Å². The molecule has 0 fully saturated rings. The molecule has 1 aliphatic rings. The number of hydrogen-bond acceptors (Lipinski definition) is 5. The lowest BCUT2D eigenvalue weighted by molar-refractivity contribution is -0.167. The van der Waals surface area contributed by atoms with Crippen molar-refractivity contribution >= 4 is 65.0 Å². The van der Waals surface area contributed by atoms with Gasteiger partial charge in [-0.05, 0) is 72.3 Å². The summed E-state index contributed by atoms with van der Waals surface area (Å²) in [7, 11) is 0. The van der Waals surface area contributed by atoms with E-state index in [4.69, 9.17) is 0 Å². The Balaban J connectivity index is 2.07. The van der Waals surface area contributed by atoms with Crippen LogP contribution in [-0.2, 0) is 4.79 Å². The first-order valence-electron chi connectivity index (χ1n) is 6.61. The Labute approximate surface area is 159 Å². The number of carbonyl (C=O) groups is 1. The molecule has 0 atom stereocenters. The summed E-state index contributed by atoms with van der Waals surface area (Å²) in [4.78, 5) is 11.1. The van der Waals surface area contributed by atoms with Crippen LogP contribution in [-0.4, -0.2) is 12.1 Å². The number of rotatable bonds is 1. The molecule has 1 heterocycles. The molecular formula is C14H8F3I2N3O3-2. The smallest absolute Gasteiger partial charge is 0.471 e. The number of halogens is 5. The average molecular weight is 577 g/mol. The number of nitrogens with one attached hydrogen (secondary N) is 1. The molecule has 0 unspecified atom stereocenters. The van der Waals surface area contributed by atoms with Crippen LogP contribution in [0.4, 0.5) is 30.2 Å². The Morgan fingerprint density at radius 3 is 2.08 bits per heavy atom. The summed E-state index contributed by atoms with van der Waals surface area (Å²) in [5, 5.41) is 26.5. The van der Waals surface area contributed by atoms with E-state index in [1.807, 2.05) is 0 Å².